The van der Waals surface area contributed by atoms with E-state index in [1.54, 1.807) is 14.1 Å². The molecule has 9 heteroatoms. The molecule has 0 aliphatic heterocycles. The predicted octanol–water partition coefficient (Wildman–Crippen LogP) is 9.65. The number of benzene rings is 6. The van der Waals surface area contributed by atoms with E-state index >= 15 is 0 Å². The van der Waals surface area contributed by atoms with Crippen LogP contribution >= 0.6 is 0 Å². The van der Waals surface area contributed by atoms with Crippen molar-refractivity contribution in [3.8, 4) is 33.4 Å². The molecule has 0 spiro atoms. The summed E-state index contributed by atoms with van der Waals surface area (Å²) in [5, 5.41) is 8.28. The summed E-state index contributed by atoms with van der Waals surface area (Å²) in [6, 6.07) is 49.9. The molecule has 0 heterocycles. The van der Waals surface area contributed by atoms with Crippen molar-refractivity contribution in [3.63, 3.8) is 0 Å². The molecule has 0 saturated heterocycles. The largest absolute Gasteiger partial charge is 0.465 e. The van der Waals surface area contributed by atoms with Gasteiger partial charge in [-0.1, -0.05) is 159 Å². The monoisotopic (exact) mass is 817 g/mol. The van der Waals surface area contributed by atoms with Crippen LogP contribution in [0.4, 0.5) is 4.79 Å². The highest BCUT2D eigenvalue weighted by molar-refractivity contribution is 5.81. The fraction of sp³-hybridized carbons (Fsp3) is 0.250. The molecule has 6 aromatic carbocycles. The van der Waals surface area contributed by atoms with E-state index < -0.39 is 6.09 Å². The summed E-state index contributed by atoms with van der Waals surface area (Å²) in [4.78, 5) is 34.2. The third-order valence-corrected chi connectivity index (χ3v) is 10.9. The number of fused-ring (bicyclic) bond motifs is 9. The van der Waals surface area contributed by atoms with E-state index in [-0.39, 0.29) is 36.2 Å². The molecule has 9 nitrogen and oxygen atoms in total. The Labute approximate surface area is 359 Å². The van der Waals surface area contributed by atoms with Gasteiger partial charge in [0.1, 0.15) is 19.8 Å². The van der Waals surface area contributed by atoms with Gasteiger partial charge in [-0.15, -0.1) is 0 Å². The second kappa shape index (κ2) is 21.6. The molecule has 1 amide bonds. The van der Waals surface area contributed by atoms with Crippen LogP contribution in [0.3, 0.4) is 0 Å². The number of likely N-dealkylation sites (N-methyl/N-ethyl adjacent to an activating group) is 1. The second-order valence-electron chi connectivity index (χ2n) is 14.5. The van der Waals surface area contributed by atoms with Crippen molar-refractivity contribution in [3.05, 3.63) is 179 Å². The van der Waals surface area contributed by atoms with E-state index in [1.807, 2.05) is 86.6 Å². The van der Waals surface area contributed by atoms with Crippen molar-refractivity contribution in [2.75, 3.05) is 47.1 Å². The zero-order chi connectivity index (χ0) is 43.1. The van der Waals surface area contributed by atoms with Crippen LogP contribution in [0.1, 0.15) is 71.9 Å². The van der Waals surface area contributed by atoms with E-state index in [1.165, 1.54) is 73.7 Å². The van der Waals surface area contributed by atoms with Gasteiger partial charge in [-0.25, -0.2) is 4.79 Å². The van der Waals surface area contributed by atoms with E-state index in [2.05, 4.69) is 88.7 Å². The highest BCUT2D eigenvalue weighted by atomic mass is 16.5. The quantitative estimate of drug-likeness (QED) is 0.0712. The number of carbonyl (C=O) groups is 3. The lowest BCUT2D eigenvalue weighted by molar-refractivity contribution is -0.143. The molecule has 0 atom stereocenters. The van der Waals surface area contributed by atoms with Gasteiger partial charge in [0.25, 0.3) is 0 Å². The number of nitrogens with one attached hydrogen (secondary N) is 3. The van der Waals surface area contributed by atoms with Gasteiger partial charge in [-0.05, 0) is 80.9 Å². The van der Waals surface area contributed by atoms with Crippen LogP contribution in [0.25, 0.3) is 33.4 Å². The smallest absolute Gasteiger partial charge is 0.408 e. The number of rotatable bonds is 10. The summed E-state index contributed by atoms with van der Waals surface area (Å²) in [6.45, 7) is 7.26. The maximum Gasteiger partial charge on any atom is 0.408 e. The van der Waals surface area contributed by atoms with Crippen LogP contribution in [0.5, 0.6) is 0 Å². The lowest BCUT2D eigenvalue weighted by Gasteiger charge is -2.14. The van der Waals surface area contributed by atoms with Crippen molar-refractivity contribution in [1.29, 1.82) is 0 Å². The number of esters is 2. The third kappa shape index (κ3) is 10.3. The van der Waals surface area contributed by atoms with Gasteiger partial charge >= 0.3 is 18.0 Å². The number of ether oxygens (including phenoxy) is 3. The van der Waals surface area contributed by atoms with Crippen LogP contribution in [0, 0.1) is 0 Å². The van der Waals surface area contributed by atoms with E-state index in [9.17, 15) is 14.4 Å². The number of alkyl carbamates (subject to hydrolysis) is 1. The SMILES string of the molecule is CC.CC(=O)OCC1c2ccccc2-c2ccccc21.CNCC(=O)OCC1c2ccccc2-c2ccccc21.CNCNC(=O)OCC1c2ccccc2-c2ccccc21. The molecule has 6 aromatic rings. The number of amides is 1. The molecule has 0 bridgehead atoms. The number of hydrogen-bond acceptors (Lipinski definition) is 8. The molecule has 61 heavy (non-hydrogen) atoms. The first-order valence-corrected chi connectivity index (χ1v) is 20.9. The molecule has 0 aromatic heterocycles. The van der Waals surface area contributed by atoms with Crippen LogP contribution in [-0.4, -0.2) is 65.2 Å². The Morgan fingerprint density at radius 1 is 0.443 bits per heavy atom. The Hall–Kier alpha value is -6.55. The van der Waals surface area contributed by atoms with Crippen LogP contribution in [0.2, 0.25) is 0 Å². The first kappa shape index (κ1) is 44.0. The van der Waals surface area contributed by atoms with E-state index in [0.717, 1.165) is 0 Å². The Balaban J connectivity index is 0.000000150. The number of hydrogen-bond donors (Lipinski definition) is 3. The first-order chi connectivity index (χ1) is 29.9. The lowest BCUT2D eigenvalue weighted by atomic mass is 9.98. The van der Waals surface area contributed by atoms with Gasteiger partial charge in [-0.2, -0.15) is 0 Å². The van der Waals surface area contributed by atoms with Crippen molar-refractivity contribution in [1.82, 2.24) is 16.0 Å². The number of carbonyl (C=O) groups excluding carboxylic acids is 3. The molecule has 0 unspecified atom stereocenters. The Morgan fingerprint density at radius 2 is 0.738 bits per heavy atom. The summed E-state index contributed by atoms with van der Waals surface area (Å²) in [5.41, 5.74) is 14.9. The highest BCUT2D eigenvalue weighted by Crippen LogP contribution is 2.46. The maximum absolute atomic E-state index is 11.6. The zero-order valence-corrected chi connectivity index (χ0v) is 35.6. The maximum atomic E-state index is 11.6. The Bertz CT molecular complexity index is 2290. The normalized spacial score (nSPS) is 12.5. The molecular formula is C52H55N3O6. The topological polar surface area (TPSA) is 115 Å². The summed E-state index contributed by atoms with van der Waals surface area (Å²) in [7, 11) is 3.51. The highest BCUT2D eigenvalue weighted by Gasteiger charge is 2.31. The van der Waals surface area contributed by atoms with Crippen molar-refractivity contribution in [2.24, 2.45) is 0 Å². The van der Waals surface area contributed by atoms with Gasteiger partial charge in [0.15, 0.2) is 0 Å². The zero-order valence-electron chi connectivity index (χ0n) is 35.6. The Kier molecular flexibility index (Phi) is 15.6. The minimum absolute atomic E-state index is 0.109. The molecular weight excluding hydrogens is 763 g/mol. The molecule has 0 saturated carbocycles. The van der Waals surface area contributed by atoms with Gasteiger partial charge < -0.3 is 30.2 Å². The summed E-state index contributed by atoms with van der Waals surface area (Å²) in [6.07, 6.45) is -0.397. The standard InChI is InChI=1S/C17H18N2O2.C17H17NO2.C16H14O2.C2H6/c1-18-11-19-17(20)21-10-16-14-8-4-2-6-12(14)13-7-3-5-9-15(13)16;1-18-10-17(19)20-11-16-14-8-4-2-6-12(14)13-7-3-5-9-15(13)16;1-11(17)18-10-16-14-8-4-2-6-12(14)13-7-3-5-9-15(13)16;1-2/h2-9,16,18H,10-11H2,1H3,(H,19,20);2-9,16,18H,10-11H2,1H3;2-9,16H,10H2,1H3;1-2H3. The van der Waals surface area contributed by atoms with Gasteiger partial charge in [0.05, 0.1) is 13.2 Å². The van der Waals surface area contributed by atoms with Gasteiger partial charge in [0, 0.05) is 24.7 Å². The van der Waals surface area contributed by atoms with E-state index in [4.69, 9.17) is 14.2 Å². The van der Waals surface area contributed by atoms with Crippen molar-refractivity contribution >= 4 is 18.0 Å². The molecule has 314 valence electrons. The molecule has 3 aliphatic rings. The van der Waals surface area contributed by atoms with Crippen molar-refractivity contribution in [2.45, 2.75) is 38.5 Å². The second-order valence-corrected chi connectivity index (χ2v) is 14.5. The third-order valence-electron chi connectivity index (χ3n) is 10.9. The van der Waals surface area contributed by atoms with E-state index in [0.29, 0.717) is 26.5 Å². The summed E-state index contributed by atoms with van der Waals surface area (Å²) in [5.74, 6) is -0.0199. The van der Waals surface area contributed by atoms with Crippen molar-refractivity contribution < 1.29 is 28.6 Å². The average Bonchev–Trinajstić information content (AvgIpc) is 3.92. The summed E-state index contributed by atoms with van der Waals surface area (Å²) < 4.78 is 15.9. The van der Waals surface area contributed by atoms with Gasteiger partial charge in [0.2, 0.25) is 0 Å². The summed E-state index contributed by atoms with van der Waals surface area (Å²) >= 11 is 0. The van der Waals surface area contributed by atoms with Crippen LogP contribution < -0.4 is 16.0 Å². The lowest BCUT2D eigenvalue weighted by Crippen LogP contribution is -2.33. The Morgan fingerprint density at radius 3 is 1.03 bits per heavy atom. The molecule has 9 rings (SSSR count). The minimum atomic E-state index is -0.397. The molecule has 0 fully saturated rings. The minimum Gasteiger partial charge on any atom is -0.465 e. The van der Waals surface area contributed by atoms with Gasteiger partial charge in [-0.3, -0.25) is 9.59 Å². The van der Waals surface area contributed by atoms with Crippen LogP contribution in [-0.2, 0) is 23.8 Å². The predicted molar refractivity (Wildman–Crippen MR) is 242 cm³/mol. The average molecular weight is 818 g/mol. The fourth-order valence-electron chi connectivity index (χ4n) is 8.26. The molecule has 3 N–H and O–H groups in total. The molecule has 0 radical (unpaired) electrons. The first-order valence-electron chi connectivity index (χ1n) is 20.9. The fourth-order valence-corrected chi connectivity index (χ4v) is 8.26. The molecule has 3 aliphatic carbocycles. The van der Waals surface area contributed by atoms with Crippen LogP contribution in [0.15, 0.2) is 146 Å².